The van der Waals surface area contributed by atoms with Crippen LogP contribution in [0.15, 0.2) is 22.0 Å². The molecule has 120 valence electrons. The molecule has 1 aliphatic heterocycles. The Bertz CT molecular complexity index is 566. The van der Waals surface area contributed by atoms with E-state index >= 15 is 0 Å². The first-order valence-corrected chi connectivity index (χ1v) is 8.51. The minimum Gasteiger partial charge on any atom is -0.379 e. The molecule has 2 atom stereocenters. The summed E-state index contributed by atoms with van der Waals surface area (Å²) in [5, 5.41) is 9.51. The summed E-state index contributed by atoms with van der Waals surface area (Å²) in [6, 6.07) is 4.71. The molecule has 3 heterocycles. The van der Waals surface area contributed by atoms with E-state index in [4.69, 9.17) is 9.26 Å². The van der Waals surface area contributed by atoms with Crippen molar-refractivity contribution in [3.63, 3.8) is 0 Å². The fourth-order valence-electron chi connectivity index (χ4n) is 2.64. The zero-order valence-corrected chi connectivity index (χ0v) is 13.8. The second kappa shape index (κ2) is 7.32. The summed E-state index contributed by atoms with van der Waals surface area (Å²) in [5.41, 5.74) is 0. The van der Waals surface area contributed by atoms with E-state index in [1.807, 2.05) is 6.92 Å². The van der Waals surface area contributed by atoms with Gasteiger partial charge in [-0.1, -0.05) is 11.2 Å². The van der Waals surface area contributed by atoms with Gasteiger partial charge in [0, 0.05) is 24.5 Å². The van der Waals surface area contributed by atoms with Crippen LogP contribution >= 0.6 is 11.3 Å². The Morgan fingerprint density at radius 3 is 2.86 bits per heavy atom. The molecule has 0 bridgehead atoms. The highest BCUT2D eigenvalue weighted by Gasteiger charge is 2.24. The van der Waals surface area contributed by atoms with Crippen LogP contribution in [0, 0.1) is 6.92 Å². The molecule has 7 heteroatoms. The number of nitrogens with one attached hydrogen (secondary N) is 1. The summed E-state index contributed by atoms with van der Waals surface area (Å²) in [6.07, 6.45) is 0. The molecule has 1 saturated heterocycles. The summed E-state index contributed by atoms with van der Waals surface area (Å²) < 4.78 is 10.7. The average Bonchev–Trinajstić information content (AvgIpc) is 3.20. The number of ether oxygens (including phenoxy) is 1. The van der Waals surface area contributed by atoms with Crippen LogP contribution in [0.5, 0.6) is 0 Å². The molecule has 2 aromatic rings. The van der Waals surface area contributed by atoms with Crippen molar-refractivity contribution in [2.24, 2.45) is 0 Å². The van der Waals surface area contributed by atoms with Gasteiger partial charge >= 0.3 is 0 Å². The van der Waals surface area contributed by atoms with E-state index in [2.05, 4.69) is 44.8 Å². The van der Waals surface area contributed by atoms with E-state index in [1.54, 1.807) is 11.3 Å². The van der Waals surface area contributed by atoms with Gasteiger partial charge in [0.25, 0.3) is 0 Å². The number of nitrogens with zero attached hydrogens (tertiary/aromatic N) is 3. The number of rotatable bonds is 6. The maximum Gasteiger partial charge on any atom is 0.243 e. The van der Waals surface area contributed by atoms with Crippen molar-refractivity contribution in [1.82, 2.24) is 20.4 Å². The Morgan fingerprint density at radius 2 is 2.23 bits per heavy atom. The standard InChI is InChI=1S/C15H22N4O2S/c1-11(15-17-12(2)18-21-15)16-10-13(14-4-3-9-22-14)19-5-7-20-8-6-19/h3-4,9,11,13,16H,5-8,10H2,1-2H3/t11-,13-/m0/s1. The van der Waals surface area contributed by atoms with Crippen molar-refractivity contribution in [3.8, 4) is 0 Å². The maximum atomic E-state index is 5.47. The largest absolute Gasteiger partial charge is 0.379 e. The zero-order valence-electron chi connectivity index (χ0n) is 13.0. The lowest BCUT2D eigenvalue weighted by Crippen LogP contribution is -2.42. The predicted molar refractivity (Wildman–Crippen MR) is 84.9 cm³/mol. The number of morpholine rings is 1. The van der Waals surface area contributed by atoms with Gasteiger partial charge in [0.1, 0.15) is 0 Å². The molecule has 1 N–H and O–H groups in total. The Morgan fingerprint density at radius 1 is 1.41 bits per heavy atom. The highest BCUT2D eigenvalue weighted by atomic mass is 32.1. The zero-order chi connectivity index (χ0) is 15.4. The molecule has 0 saturated carbocycles. The minimum absolute atomic E-state index is 0.0460. The average molecular weight is 322 g/mol. The molecule has 1 aliphatic rings. The fraction of sp³-hybridized carbons (Fsp3) is 0.600. The number of thiophene rings is 1. The van der Waals surface area contributed by atoms with Gasteiger partial charge in [-0.15, -0.1) is 11.3 Å². The predicted octanol–water partition coefficient (Wildman–Crippen LogP) is 2.16. The first-order chi connectivity index (χ1) is 10.7. The van der Waals surface area contributed by atoms with Crippen molar-refractivity contribution < 1.29 is 9.26 Å². The van der Waals surface area contributed by atoms with Gasteiger partial charge < -0.3 is 14.6 Å². The van der Waals surface area contributed by atoms with E-state index in [9.17, 15) is 0 Å². The summed E-state index contributed by atoms with van der Waals surface area (Å²) in [4.78, 5) is 8.15. The van der Waals surface area contributed by atoms with Crippen molar-refractivity contribution >= 4 is 11.3 Å². The van der Waals surface area contributed by atoms with Gasteiger partial charge in [-0.3, -0.25) is 4.90 Å². The molecule has 2 aromatic heterocycles. The van der Waals surface area contributed by atoms with Crippen LogP contribution in [0.3, 0.4) is 0 Å². The second-order valence-corrected chi connectivity index (χ2v) is 6.47. The maximum absolute atomic E-state index is 5.47. The number of hydrogen-bond acceptors (Lipinski definition) is 7. The first kappa shape index (κ1) is 15.6. The SMILES string of the molecule is Cc1noc([C@H](C)NC[C@@H](c2cccs2)N2CCOCC2)n1. The summed E-state index contributed by atoms with van der Waals surface area (Å²) in [7, 11) is 0. The van der Waals surface area contributed by atoms with Crippen molar-refractivity contribution in [2.45, 2.75) is 25.9 Å². The topological polar surface area (TPSA) is 63.4 Å². The summed E-state index contributed by atoms with van der Waals surface area (Å²) in [6.45, 7) is 8.29. The highest BCUT2D eigenvalue weighted by molar-refractivity contribution is 7.10. The van der Waals surface area contributed by atoms with Crippen LogP contribution in [0.4, 0.5) is 0 Å². The van der Waals surface area contributed by atoms with Crippen LogP contribution in [0.1, 0.15) is 35.6 Å². The number of hydrogen-bond donors (Lipinski definition) is 1. The fourth-order valence-corrected chi connectivity index (χ4v) is 3.51. The van der Waals surface area contributed by atoms with Crippen LogP contribution in [-0.2, 0) is 4.74 Å². The molecule has 22 heavy (non-hydrogen) atoms. The Labute approximate surface area is 134 Å². The first-order valence-electron chi connectivity index (χ1n) is 7.63. The normalized spacial score (nSPS) is 19.2. The molecular weight excluding hydrogens is 300 g/mol. The smallest absolute Gasteiger partial charge is 0.243 e. The summed E-state index contributed by atoms with van der Waals surface area (Å²) >= 11 is 1.80. The third kappa shape index (κ3) is 3.73. The van der Waals surface area contributed by atoms with Gasteiger partial charge in [0.05, 0.1) is 25.3 Å². The van der Waals surface area contributed by atoms with E-state index < -0.39 is 0 Å². The molecular formula is C15H22N4O2S. The van der Waals surface area contributed by atoms with Crippen molar-refractivity contribution in [2.75, 3.05) is 32.8 Å². The van der Waals surface area contributed by atoms with E-state index in [0.29, 0.717) is 17.8 Å². The van der Waals surface area contributed by atoms with Crippen LogP contribution in [-0.4, -0.2) is 47.9 Å². The third-order valence-corrected chi connectivity index (χ3v) is 4.86. The quantitative estimate of drug-likeness (QED) is 0.879. The monoisotopic (exact) mass is 322 g/mol. The number of aromatic nitrogens is 2. The molecule has 0 amide bonds. The van der Waals surface area contributed by atoms with E-state index in [-0.39, 0.29) is 6.04 Å². The molecule has 1 fully saturated rings. The molecule has 0 unspecified atom stereocenters. The molecule has 0 radical (unpaired) electrons. The third-order valence-electron chi connectivity index (χ3n) is 3.89. The Hall–Kier alpha value is -1.28. The summed E-state index contributed by atoms with van der Waals surface area (Å²) in [5.74, 6) is 1.32. The molecule has 3 rings (SSSR count). The Balaban J connectivity index is 1.65. The molecule has 6 nitrogen and oxygen atoms in total. The van der Waals surface area contributed by atoms with Crippen LogP contribution < -0.4 is 5.32 Å². The van der Waals surface area contributed by atoms with Gasteiger partial charge in [-0.05, 0) is 25.3 Å². The van der Waals surface area contributed by atoms with Gasteiger partial charge in [0.2, 0.25) is 5.89 Å². The van der Waals surface area contributed by atoms with Gasteiger partial charge in [-0.2, -0.15) is 4.98 Å². The van der Waals surface area contributed by atoms with Gasteiger partial charge in [-0.25, -0.2) is 0 Å². The molecule has 0 spiro atoms. The molecule has 0 aromatic carbocycles. The van der Waals surface area contributed by atoms with Crippen LogP contribution in [0.2, 0.25) is 0 Å². The van der Waals surface area contributed by atoms with Crippen molar-refractivity contribution in [3.05, 3.63) is 34.1 Å². The lowest BCUT2D eigenvalue weighted by atomic mass is 10.1. The lowest BCUT2D eigenvalue weighted by molar-refractivity contribution is 0.0162. The minimum atomic E-state index is 0.0460. The van der Waals surface area contributed by atoms with E-state index in [0.717, 1.165) is 32.8 Å². The van der Waals surface area contributed by atoms with Gasteiger partial charge in [0.15, 0.2) is 5.82 Å². The Kier molecular flexibility index (Phi) is 5.20. The molecule has 0 aliphatic carbocycles. The van der Waals surface area contributed by atoms with E-state index in [1.165, 1.54) is 4.88 Å². The van der Waals surface area contributed by atoms with Crippen LogP contribution in [0.25, 0.3) is 0 Å². The number of aryl methyl sites for hydroxylation is 1. The van der Waals surface area contributed by atoms with Crippen molar-refractivity contribution in [1.29, 1.82) is 0 Å². The highest BCUT2D eigenvalue weighted by Crippen LogP contribution is 2.26. The second-order valence-electron chi connectivity index (χ2n) is 5.49. The lowest BCUT2D eigenvalue weighted by Gasteiger charge is -2.34.